The lowest BCUT2D eigenvalue weighted by atomic mass is 9.98. The predicted octanol–water partition coefficient (Wildman–Crippen LogP) is 1.61. The van der Waals surface area contributed by atoms with Gasteiger partial charge in [0.25, 0.3) is 0 Å². The number of benzene rings is 1. The lowest BCUT2D eigenvalue weighted by molar-refractivity contribution is -0.153. The maximum atomic E-state index is 11.4. The van der Waals surface area contributed by atoms with Crippen molar-refractivity contribution >= 4 is 5.97 Å². The Morgan fingerprint density at radius 1 is 1.38 bits per heavy atom. The van der Waals surface area contributed by atoms with E-state index in [1.54, 1.807) is 20.8 Å². The minimum absolute atomic E-state index is 0.150. The Kier molecular flexibility index (Phi) is 3.90. The zero-order valence-electron chi connectivity index (χ0n) is 9.65. The standard InChI is InChI=1S/C12H16O4/c1-4-16-12(15)11(14)9-5-6-10(13)8(3)7(9)2/h5-6,11,13-14H,4H2,1-3H3. The number of phenols is 1. The van der Waals surface area contributed by atoms with Crippen LogP contribution >= 0.6 is 0 Å². The summed E-state index contributed by atoms with van der Waals surface area (Å²) in [6.45, 7) is 5.38. The first-order valence-electron chi connectivity index (χ1n) is 5.12. The number of hydrogen-bond acceptors (Lipinski definition) is 4. The molecule has 0 aliphatic rings. The molecule has 4 nitrogen and oxygen atoms in total. The molecule has 0 spiro atoms. The lowest BCUT2D eigenvalue weighted by Crippen LogP contribution is -2.16. The number of ether oxygens (including phenoxy) is 1. The van der Waals surface area contributed by atoms with Crippen molar-refractivity contribution in [3.05, 3.63) is 28.8 Å². The highest BCUT2D eigenvalue weighted by Gasteiger charge is 2.21. The van der Waals surface area contributed by atoms with E-state index in [1.807, 2.05) is 0 Å². The van der Waals surface area contributed by atoms with Crippen molar-refractivity contribution in [1.29, 1.82) is 0 Å². The van der Waals surface area contributed by atoms with E-state index in [0.717, 1.165) is 0 Å². The van der Waals surface area contributed by atoms with E-state index >= 15 is 0 Å². The third kappa shape index (κ3) is 2.33. The smallest absolute Gasteiger partial charge is 0.339 e. The first-order valence-corrected chi connectivity index (χ1v) is 5.12. The van der Waals surface area contributed by atoms with Gasteiger partial charge in [-0.15, -0.1) is 0 Å². The van der Waals surface area contributed by atoms with E-state index in [0.29, 0.717) is 16.7 Å². The van der Waals surface area contributed by atoms with Crippen molar-refractivity contribution in [3.8, 4) is 5.75 Å². The summed E-state index contributed by atoms with van der Waals surface area (Å²) < 4.78 is 4.73. The predicted molar refractivity (Wildman–Crippen MR) is 59.2 cm³/mol. The zero-order valence-corrected chi connectivity index (χ0v) is 9.65. The molecule has 0 radical (unpaired) electrons. The molecule has 0 saturated heterocycles. The summed E-state index contributed by atoms with van der Waals surface area (Å²) in [4.78, 5) is 11.4. The SMILES string of the molecule is CCOC(=O)C(O)c1ccc(O)c(C)c1C. The van der Waals surface area contributed by atoms with Gasteiger partial charge in [0.2, 0.25) is 0 Å². The van der Waals surface area contributed by atoms with Crippen LogP contribution in [0.2, 0.25) is 0 Å². The molecule has 0 heterocycles. The molecule has 4 heteroatoms. The zero-order chi connectivity index (χ0) is 12.3. The minimum Gasteiger partial charge on any atom is -0.508 e. The molecular formula is C12H16O4. The fourth-order valence-corrected chi connectivity index (χ4v) is 1.47. The number of rotatable bonds is 3. The topological polar surface area (TPSA) is 66.8 Å². The molecule has 0 aromatic heterocycles. The lowest BCUT2D eigenvalue weighted by Gasteiger charge is -2.14. The van der Waals surface area contributed by atoms with Crippen LogP contribution in [0.3, 0.4) is 0 Å². The number of carbonyl (C=O) groups is 1. The van der Waals surface area contributed by atoms with Crippen LogP contribution in [0.15, 0.2) is 12.1 Å². The molecule has 1 aromatic carbocycles. The normalized spacial score (nSPS) is 12.2. The number of phenolic OH excluding ortho intramolecular Hbond substituents is 1. The molecule has 1 atom stereocenters. The molecule has 0 aliphatic carbocycles. The Hall–Kier alpha value is -1.55. The van der Waals surface area contributed by atoms with Crippen LogP contribution in [-0.4, -0.2) is 22.8 Å². The number of hydrogen-bond donors (Lipinski definition) is 2. The summed E-state index contributed by atoms with van der Waals surface area (Å²) in [5.74, 6) is -0.520. The number of aromatic hydroxyl groups is 1. The van der Waals surface area contributed by atoms with Crippen LogP contribution in [0.4, 0.5) is 0 Å². The Bertz CT molecular complexity index is 398. The average molecular weight is 224 g/mol. The van der Waals surface area contributed by atoms with Crippen molar-refractivity contribution in [2.75, 3.05) is 6.61 Å². The van der Waals surface area contributed by atoms with E-state index in [1.165, 1.54) is 12.1 Å². The van der Waals surface area contributed by atoms with Gasteiger partial charge in [-0.2, -0.15) is 0 Å². The molecule has 88 valence electrons. The molecule has 2 N–H and O–H groups in total. The first kappa shape index (κ1) is 12.5. The molecule has 16 heavy (non-hydrogen) atoms. The highest BCUT2D eigenvalue weighted by Crippen LogP contribution is 2.27. The molecule has 0 saturated carbocycles. The Morgan fingerprint density at radius 3 is 2.56 bits per heavy atom. The van der Waals surface area contributed by atoms with Gasteiger partial charge in [0.1, 0.15) is 5.75 Å². The van der Waals surface area contributed by atoms with E-state index in [9.17, 15) is 15.0 Å². The van der Waals surface area contributed by atoms with E-state index in [-0.39, 0.29) is 12.4 Å². The van der Waals surface area contributed by atoms with Crippen LogP contribution in [0.25, 0.3) is 0 Å². The van der Waals surface area contributed by atoms with E-state index in [4.69, 9.17) is 4.74 Å². The van der Waals surface area contributed by atoms with Gasteiger partial charge in [-0.3, -0.25) is 0 Å². The van der Waals surface area contributed by atoms with Crippen LogP contribution < -0.4 is 0 Å². The summed E-state index contributed by atoms with van der Waals surface area (Å²) in [6.07, 6.45) is -1.29. The Morgan fingerprint density at radius 2 is 2.00 bits per heavy atom. The average Bonchev–Trinajstić information content (AvgIpc) is 2.26. The number of aliphatic hydroxyl groups is 1. The minimum atomic E-state index is -1.29. The van der Waals surface area contributed by atoms with Crippen LogP contribution in [0.1, 0.15) is 29.7 Å². The number of esters is 1. The second-order valence-corrected chi connectivity index (χ2v) is 3.58. The summed E-state index contributed by atoms with van der Waals surface area (Å²) in [5, 5.41) is 19.2. The fraction of sp³-hybridized carbons (Fsp3) is 0.417. The maximum absolute atomic E-state index is 11.4. The van der Waals surface area contributed by atoms with Gasteiger partial charge in [-0.05, 0) is 43.5 Å². The second-order valence-electron chi connectivity index (χ2n) is 3.58. The third-order valence-corrected chi connectivity index (χ3v) is 2.60. The van der Waals surface area contributed by atoms with Gasteiger partial charge in [0, 0.05) is 0 Å². The fourth-order valence-electron chi connectivity index (χ4n) is 1.47. The van der Waals surface area contributed by atoms with Crippen molar-refractivity contribution < 1.29 is 19.7 Å². The maximum Gasteiger partial charge on any atom is 0.339 e. The van der Waals surface area contributed by atoms with Gasteiger partial charge in [0.15, 0.2) is 6.10 Å². The quantitative estimate of drug-likeness (QED) is 0.765. The second kappa shape index (κ2) is 4.99. The Labute approximate surface area is 94.5 Å². The van der Waals surface area contributed by atoms with Crippen molar-refractivity contribution in [2.24, 2.45) is 0 Å². The third-order valence-electron chi connectivity index (χ3n) is 2.60. The van der Waals surface area contributed by atoms with Crippen molar-refractivity contribution in [2.45, 2.75) is 26.9 Å². The van der Waals surface area contributed by atoms with Gasteiger partial charge >= 0.3 is 5.97 Å². The highest BCUT2D eigenvalue weighted by molar-refractivity contribution is 5.77. The van der Waals surface area contributed by atoms with Crippen LogP contribution in [-0.2, 0) is 9.53 Å². The number of carbonyl (C=O) groups excluding carboxylic acids is 1. The molecule has 0 bridgehead atoms. The first-order chi connectivity index (χ1) is 7.49. The molecular weight excluding hydrogens is 208 g/mol. The van der Waals surface area contributed by atoms with Gasteiger partial charge in [-0.25, -0.2) is 4.79 Å². The van der Waals surface area contributed by atoms with Crippen LogP contribution in [0, 0.1) is 13.8 Å². The number of aliphatic hydroxyl groups excluding tert-OH is 1. The summed E-state index contributed by atoms with van der Waals surface area (Å²) in [6, 6.07) is 2.99. The Balaban J connectivity index is 3.05. The molecule has 0 amide bonds. The van der Waals surface area contributed by atoms with Crippen LogP contribution in [0.5, 0.6) is 5.75 Å². The van der Waals surface area contributed by atoms with Gasteiger partial charge in [-0.1, -0.05) is 6.07 Å². The van der Waals surface area contributed by atoms with Gasteiger partial charge in [0.05, 0.1) is 6.61 Å². The van der Waals surface area contributed by atoms with Gasteiger partial charge < -0.3 is 14.9 Å². The largest absolute Gasteiger partial charge is 0.508 e. The molecule has 0 aliphatic heterocycles. The molecule has 1 aromatic rings. The van der Waals surface area contributed by atoms with Crippen molar-refractivity contribution in [3.63, 3.8) is 0 Å². The van der Waals surface area contributed by atoms with Crippen molar-refractivity contribution in [1.82, 2.24) is 0 Å². The molecule has 1 rings (SSSR count). The summed E-state index contributed by atoms with van der Waals surface area (Å²) in [5.41, 5.74) is 1.81. The summed E-state index contributed by atoms with van der Waals surface area (Å²) >= 11 is 0. The summed E-state index contributed by atoms with van der Waals surface area (Å²) in [7, 11) is 0. The monoisotopic (exact) mass is 224 g/mol. The molecule has 0 fully saturated rings. The van der Waals surface area contributed by atoms with E-state index in [2.05, 4.69) is 0 Å². The molecule has 1 unspecified atom stereocenters. The highest BCUT2D eigenvalue weighted by atomic mass is 16.5. The van der Waals surface area contributed by atoms with E-state index < -0.39 is 12.1 Å².